The van der Waals surface area contributed by atoms with Crippen LogP contribution in [0.25, 0.3) is 10.2 Å². The number of hydrogen-bond acceptors (Lipinski definition) is 5. The minimum atomic E-state index is -0.138. The van der Waals surface area contributed by atoms with E-state index in [1.54, 1.807) is 0 Å². The molecule has 0 atom stereocenters. The minimum absolute atomic E-state index is 0.138. The number of nitrogens with zero attached hydrogens (tertiary/aromatic N) is 3. The number of aryl methyl sites for hydroxylation is 2. The van der Waals surface area contributed by atoms with Crippen LogP contribution >= 0.6 is 11.3 Å². The van der Waals surface area contributed by atoms with E-state index < -0.39 is 0 Å². The van der Waals surface area contributed by atoms with Crippen LogP contribution < -0.4 is 5.32 Å². The van der Waals surface area contributed by atoms with E-state index in [4.69, 9.17) is 4.74 Å². The molecular formula is C16H19N5O2S. The second-order valence-electron chi connectivity index (χ2n) is 6.09. The molecule has 4 rings (SSSR count). The van der Waals surface area contributed by atoms with Crippen LogP contribution in [0.5, 0.6) is 0 Å². The summed E-state index contributed by atoms with van der Waals surface area (Å²) in [5, 5.41) is 15.5. The molecule has 2 N–H and O–H groups in total. The standard InChI is InChI=1S/C16H19N5O2S/c1-9-11-7-13(24-16(11)21(2)20-9)15(22)17-14-8-12(18-19-14)10-3-5-23-6-4-10/h7-8,10H,3-6H2,1-2H3,(H2,17,18,19,22). The van der Waals surface area contributed by atoms with Gasteiger partial charge in [-0.15, -0.1) is 11.3 Å². The van der Waals surface area contributed by atoms with E-state index in [1.165, 1.54) is 11.3 Å². The van der Waals surface area contributed by atoms with Gasteiger partial charge < -0.3 is 10.1 Å². The molecule has 1 fully saturated rings. The lowest BCUT2D eigenvalue weighted by molar-refractivity contribution is 0.0845. The summed E-state index contributed by atoms with van der Waals surface area (Å²) in [7, 11) is 1.89. The second-order valence-corrected chi connectivity index (χ2v) is 7.12. The Morgan fingerprint density at radius 2 is 2.21 bits per heavy atom. The number of hydrogen-bond donors (Lipinski definition) is 2. The van der Waals surface area contributed by atoms with Crippen molar-refractivity contribution in [2.75, 3.05) is 18.5 Å². The van der Waals surface area contributed by atoms with Gasteiger partial charge in [0.1, 0.15) is 4.83 Å². The number of aromatic amines is 1. The fourth-order valence-electron chi connectivity index (χ4n) is 3.11. The topological polar surface area (TPSA) is 84.8 Å². The Hall–Kier alpha value is -2.19. The fraction of sp³-hybridized carbons (Fsp3) is 0.438. The number of fused-ring (bicyclic) bond motifs is 1. The quantitative estimate of drug-likeness (QED) is 0.764. The van der Waals surface area contributed by atoms with E-state index in [-0.39, 0.29) is 5.91 Å². The highest BCUT2D eigenvalue weighted by atomic mass is 32.1. The van der Waals surface area contributed by atoms with E-state index >= 15 is 0 Å². The summed E-state index contributed by atoms with van der Waals surface area (Å²) < 4.78 is 7.19. The number of thiophene rings is 1. The second kappa shape index (κ2) is 6.03. The zero-order valence-electron chi connectivity index (χ0n) is 13.6. The zero-order chi connectivity index (χ0) is 16.7. The molecule has 7 nitrogen and oxygen atoms in total. The van der Waals surface area contributed by atoms with Gasteiger partial charge in [-0.3, -0.25) is 14.6 Å². The molecule has 1 aliphatic heterocycles. The van der Waals surface area contributed by atoms with Gasteiger partial charge in [0.05, 0.1) is 10.6 Å². The van der Waals surface area contributed by atoms with Crippen LogP contribution in [0.2, 0.25) is 0 Å². The van der Waals surface area contributed by atoms with Crippen molar-refractivity contribution in [2.45, 2.75) is 25.7 Å². The summed E-state index contributed by atoms with van der Waals surface area (Å²) in [6, 6.07) is 3.82. The average Bonchev–Trinajstić information content (AvgIpc) is 3.27. The molecule has 0 aromatic carbocycles. The first kappa shape index (κ1) is 15.3. The molecule has 0 radical (unpaired) electrons. The minimum Gasteiger partial charge on any atom is -0.381 e. The lowest BCUT2D eigenvalue weighted by Crippen LogP contribution is -2.14. The normalized spacial score (nSPS) is 15.9. The Balaban J connectivity index is 1.50. The third-order valence-electron chi connectivity index (χ3n) is 4.42. The maximum Gasteiger partial charge on any atom is 0.267 e. The SMILES string of the molecule is Cc1nn(C)c2sc(C(=O)Nc3cc(C4CCOCC4)[nH]n3)cc12. The highest BCUT2D eigenvalue weighted by molar-refractivity contribution is 7.20. The van der Waals surface area contributed by atoms with Crippen molar-refractivity contribution < 1.29 is 9.53 Å². The molecule has 0 aliphatic carbocycles. The van der Waals surface area contributed by atoms with Gasteiger partial charge in [0.25, 0.3) is 5.91 Å². The smallest absolute Gasteiger partial charge is 0.267 e. The van der Waals surface area contributed by atoms with Gasteiger partial charge in [0, 0.05) is 43.3 Å². The van der Waals surface area contributed by atoms with Crippen molar-refractivity contribution in [3.8, 4) is 0 Å². The number of carbonyl (C=O) groups excluding carboxylic acids is 1. The number of carbonyl (C=O) groups is 1. The van der Waals surface area contributed by atoms with Gasteiger partial charge in [-0.05, 0) is 25.8 Å². The Morgan fingerprint density at radius 3 is 2.96 bits per heavy atom. The molecule has 1 amide bonds. The lowest BCUT2D eigenvalue weighted by atomic mass is 9.97. The van der Waals surface area contributed by atoms with Gasteiger partial charge in [0.15, 0.2) is 5.82 Å². The van der Waals surface area contributed by atoms with E-state index in [0.717, 1.165) is 47.7 Å². The predicted octanol–water partition coefficient (Wildman–Crippen LogP) is 2.81. The third kappa shape index (κ3) is 2.71. The number of aromatic nitrogens is 4. The predicted molar refractivity (Wildman–Crippen MR) is 92.7 cm³/mol. The summed E-state index contributed by atoms with van der Waals surface area (Å²) in [5.74, 6) is 0.851. The van der Waals surface area contributed by atoms with Crippen LogP contribution in [-0.2, 0) is 11.8 Å². The van der Waals surface area contributed by atoms with Gasteiger partial charge in [-0.1, -0.05) is 0 Å². The highest BCUT2D eigenvalue weighted by Gasteiger charge is 2.20. The molecule has 126 valence electrons. The fourth-order valence-corrected chi connectivity index (χ4v) is 4.13. The molecule has 0 saturated carbocycles. The van der Waals surface area contributed by atoms with Crippen molar-refractivity contribution in [2.24, 2.45) is 7.05 Å². The summed E-state index contributed by atoms with van der Waals surface area (Å²) in [6.07, 6.45) is 1.97. The Bertz CT molecular complexity index is 853. The summed E-state index contributed by atoms with van der Waals surface area (Å²) in [4.78, 5) is 14.2. The van der Waals surface area contributed by atoms with E-state index in [9.17, 15) is 4.79 Å². The largest absolute Gasteiger partial charge is 0.381 e. The molecule has 1 aliphatic rings. The Morgan fingerprint density at radius 1 is 1.42 bits per heavy atom. The zero-order valence-corrected chi connectivity index (χ0v) is 14.4. The lowest BCUT2D eigenvalue weighted by Gasteiger charge is -2.20. The first-order valence-electron chi connectivity index (χ1n) is 7.99. The first-order valence-corrected chi connectivity index (χ1v) is 8.81. The maximum atomic E-state index is 12.5. The molecular weight excluding hydrogens is 326 g/mol. The van der Waals surface area contributed by atoms with Crippen molar-refractivity contribution in [1.29, 1.82) is 0 Å². The molecule has 1 saturated heterocycles. The number of ether oxygens (including phenoxy) is 1. The van der Waals surface area contributed by atoms with Crippen molar-refractivity contribution in [1.82, 2.24) is 20.0 Å². The molecule has 0 spiro atoms. The van der Waals surface area contributed by atoms with Crippen LogP contribution in [-0.4, -0.2) is 39.1 Å². The van der Waals surface area contributed by atoms with Crippen LogP contribution in [0, 0.1) is 6.92 Å². The van der Waals surface area contributed by atoms with Crippen LogP contribution in [0.3, 0.4) is 0 Å². The third-order valence-corrected chi connectivity index (χ3v) is 5.62. The van der Waals surface area contributed by atoms with Crippen molar-refractivity contribution >= 4 is 33.3 Å². The average molecular weight is 345 g/mol. The molecule has 8 heteroatoms. The van der Waals surface area contributed by atoms with E-state index in [1.807, 2.05) is 30.8 Å². The molecule has 0 bridgehead atoms. The van der Waals surface area contributed by atoms with E-state index in [0.29, 0.717) is 16.6 Å². The van der Waals surface area contributed by atoms with Crippen molar-refractivity contribution in [3.05, 3.63) is 28.4 Å². The highest BCUT2D eigenvalue weighted by Crippen LogP contribution is 2.29. The molecule has 4 heterocycles. The number of H-pyrrole nitrogens is 1. The monoisotopic (exact) mass is 345 g/mol. The molecule has 3 aromatic rings. The molecule has 24 heavy (non-hydrogen) atoms. The van der Waals surface area contributed by atoms with Crippen LogP contribution in [0.1, 0.15) is 39.8 Å². The van der Waals surface area contributed by atoms with Crippen LogP contribution in [0.15, 0.2) is 12.1 Å². The maximum absolute atomic E-state index is 12.5. The number of amides is 1. The molecule has 3 aromatic heterocycles. The Kier molecular flexibility index (Phi) is 3.85. The van der Waals surface area contributed by atoms with Crippen molar-refractivity contribution in [3.63, 3.8) is 0 Å². The van der Waals surface area contributed by atoms with E-state index in [2.05, 4.69) is 20.6 Å². The van der Waals surface area contributed by atoms with Crippen LogP contribution in [0.4, 0.5) is 5.82 Å². The van der Waals surface area contributed by atoms with Gasteiger partial charge >= 0.3 is 0 Å². The first-order chi connectivity index (χ1) is 11.6. The summed E-state index contributed by atoms with van der Waals surface area (Å²) in [5.41, 5.74) is 1.99. The van der Waals surface area contributed by atoms with Gasteiger partial charge in [-0.2, -0.15) is 10.2 Å². The molecule has 0 unspecified atom stereocenters. The number of nitrogens with one attached hydrogen (secondary N) is 2. The number of rotatable bonds is 3. The van der Waals surface area contributed by atoms with Gasteiger partial charge in [-0.25, -0.2) is 0 Å². The number of anilines is 1. The Labute approximate surface area is 143 Å². The summed E-state index contributed by atoms with van der Waals surface area (Å²) in [6.45, 7) is 3.51. The van der Waals surface area contributed by atoms with Gasteiger partial charge in [0.2, 0.25) is 0 Å². The summed E-state index contributed by atoms with van der Waals surface area (Å²) >= 11 is 1.44.